The van der Waals surface area contributed by atoms with E-state index < -0.39 is 0 Å². The molecule has 0 spiro atoms. The molecular formula is C19H17FN2O. The second-order valence-corrected chi connectivity index (χ2v) is 5.46. The number of aryl methyl sites for hydroxylation is 1. The zero-order valence-corrected chi connectivity index (χ0v) is 12.8. The molecule has 0 saturated carbocycles. The van der Waals surface area contributed by atoms with Gasteiger partial charge in [0.15, 0.2) is 0 Å². The Kier molecular flexibility index (Phi) is 4.33. The monoisotopic (exact) mass is 308 g/mol. The van der Waals surface area contributed by atoms with E-state index in [4.69, 9.17) is 0 Å². The number of hydrogen-bond acceptors (Lipinski definition) is 2. The van der Waals surface area contributed by atoms with Crippen LogP contribution in [0.5, 0.6) is 0 Å². The molecule has 3 rings (SSSR count). The molecule has 0 radical (unpaired) electrons. The van der Waals surface area contributed by atoms with E-state index in [2.05, 4.69) is 10.3 Å². The van der Waals surface area contributed by atoms with Crippen molar-refractivity contribution in [2.24, 2.45) is 0 Å². The number of nitrogens with zero attached hydrogens (tertiary/aromatic N) is 1. The van der Waals surface area contributed by atoms with E-state index in [0.29, 0.717) is 28.7 Å². The van der Waals surface area contributed by atoms with E-state index >= 15 is 0 Å². The highest BCUT2D eigenvalue weighted by molar-refractivity contribution is 6.06. The largest absolute Gasteiger partial charge is 0.352 e. The van der Waals surface area contributed by atoms with Crippen LogP contribution < -0.4 is 5.32 Å². The number of benzene rings is 2. The van der Waals surface area contributed by atoms with Gasteiger partial charge in [0.25, 0.3) is 5.91 Å². The lowest BCUT2D eigenvalue weighted by Crippen LogP contribution is -2.26. The summed E-state index contributed by atoms with van der Waals surface area (Å²) in [6.07, 6.45) is 0.767. The predicted octanol–water partition coefficient (Wildman–Crippen LogP) is 3.65. The van der Waals surface area contributed by atoms with Gasteiger partial charge in [0.05, 0.1) is 11.1 Å². The van der Waals surface area contributed by atoms with Crippen LogP contribution in [-0.2, 0) is 6.42 Å². The molecule has 0 unspecified atom stereocenters. The second kappa shape index (κ2) is 6.57. The average molecular weight is 308 g/mol. The van der Waals surface area contributed by atoms with Crippen molar-refractivity contribution < 1.29 is 9.18 Å². The first kappa shape index (κ1) is 15.2. The molecule has 1 N–H and O–H groups in total. The van der Waals surface area contributed by atoms with Crippen molar-refractivity contribution >= 4 is 16.8 Å². The van der Waals surface area contributed by atoms with Gasteiger partial charge in [-0.15, -0.1) is 0 Å². The van der Waals surface area contributed by atoms with E-state index in [1.165, 1.54) is 17.7 Å². The first-order valence-electron chi connectivity index (χ1n) is 7.52. The minimum absolute atomic E-state index is 0.164. The van der Waals surface area contributed by atoms with Crippen LogP contribution in [0.15, 0.2) is 54.6 Å². The molecule has 0 aliphatic heterocycles. The molecule has 116 valence electrons. The van der Waals surface area contributed by atoms with Crippen molar-refractivity contribution in [1.29, 1.82) is 0 Å². The van der Waals surface area contributed by atoms with Crippen molar-refractivity contribution in [2.45, 2.75) is 13.3 Å². The zero-order chi connectivity index (χ0) is 16.2. The van der Waals surface area contributed by atoms with E-state index in [1.807, 2.05) is 30.3 Å². The van der Waals surface area contributed by atoms with Crippen molar-refractivity contribution in [3.05, 3.63) is 77.2 Å². The molecular weight excluding hydrogens is 291 g/mol. The molecule has 1 amide bonds. The quantitative estimate of drug-likeness (QED) is 0.799. The molecule has 0 atom stereocenters. The second-order valence-electron chi connectivity index (χ2n) is 5.46. The molecule has 0 saturated heterocycles. The summed E-state index contributed by atoms with van der Waals surface area (Å²) in [7, 11) is 0. The van der Waals surface area contributed by atoms with Gasteiger partial charge in [-0.1, -0.05) is 30.3 Å². The molecule has 1 aromatic heterocycles. The van der Waals surface area contributed by atoms with Crippen LogP contribution in [0.3, 0.4) is 0 Å². The highest BCUT2D eigenvalue weighted by Crippen LogP contribution is 2.19. The Bertz CT molecular complexity index is 841. The number of nitrogens with one attached hydrogen (secondary N) is 1. The van der Waals surface area contributed by atoms with E-state index in [-0.39, 0.29) is 11.7 Å². The highest BCUT2D eigenvalue weighted by atomic mass is 19.1. The van der Waals surface area contributed by atoms with Gasteiger partial charge in [0, 0.05) is 23.7 Å². The molecule has 2 aromatic carbocycles. The van der Waals surface area contributed by atoms with Crippen molar-refractivity contribution in [3.8, 4) is 0 Å². The van der Waals surface area contributed by atoms with E-state index in [1.54, 1.807) is 19.1 Å². The number of pyridine rings is 1. The van der Waals surface area contributed by atoms with Gasteiger partial charge in [-0.2, -0.15) is 0 Å². The number of halogens is 1. The van der Waals surface area contributed by atoms with Gasteiger partial charge < -0.3 is 5.32 Å². The summed E-state index contributed by atoms with van der Waals surface area (Å²) < 4.78 is 13.4. The van der Waals surface area contributed by atoms with Crippen molar-refractivity contribution in [1.82, 2.24) is 10.3 Å². The molecule has 4 heteroatoms. The van der Waals surface area contributed by atoms with Crippen molar-refractivity contribution in [2.75, 3.05) is 6.54 Å². The standard InChI is InChI=1S/C19H17FN2O/c1-13-11-17(16-8-7-15(20)12-18(16)22-13)19(23)21-10-9-14-5-3-2-4-6-14/h2-8,11-12H,9-10H2,1H3,(H,21,23). The van der Waals surface area contributed by atoms with Gasteiger partial charge in [-0.05, 0) is 37.1 Å². The third-order valence-electron chi connectivity index (χ3n) is 3.69. The van der Waals surface area contributed by atoms with Crippen molar-refractivity contribution in [3.63, 3.8) is 0 Å². The van der Waals surface area contributed by atoms with Crippen LogP contribution in [0, 0.1) is 12.7 Å². The first-order valence-corrected chi connectivity index (χ1v) is 7.52. The maximum Gasteiger partial charge on any atom is 0.252 e. The SMILES string of the molecule is Cc1cc(C(=O)NCCc2ccccc2)c2ccc(F)cc2n1. The Labute approximate surface area is 134 Å². The maximum absolute atomic E-state index is 13.4. The minimum atomic E-state index is -0.356. The van der Waals surface area contributed by atoms with Crippen LogP contribution in [0.25, 0.3) is 10.9 Å². The number of hydrogen-bond donors (Lipinski definition) is 1. The summed E-state index contributed by atoms with van der Waals surface area (Å²) in [6.45, 7) is 2.35. The van der Waals surface area contributed by atoms with E-state index in [0.717, 1.165) is 6.42 Å². The topological polar surface area (TPSA) is 42.0 Å². The molecule has 0 fully saturated rings. The van der Waals surface area contributed by atoms with Crippen LogP contribution in [0.4, 0.5) is 4.39 Å². The summed E-state index contributed by atoms with van der Waals surface area (Å²) >= 11 is 0. The fraction of sp³-hybridized carbons (Fsp3) is 0.158. The third kappa shape index (κ3) is 3.54. The van der Waals surface area contributed by atoms with Gasteiger partial charge >= 0.3 is 0 Å². The molecule has 1 heterocycles. The fourth-order valence-corrected chi connectivity index (χ4v) is 2.58. The lowest BCUT2D eigenvalue weighted by Gasteiger charge is -2.09. The smallest absolute Gasteiger partial charge is 0.252 e. The van der Waals surface area contributed by atoms with E-state index in [9.17, 15) is 9.18 Å². The first-order chi connectivity index (χ1) is 11.1. The summed E-state index contributed by atoms with van der Waals surface area (Å²) in [5.41, 5.74) is 2.89. The number of fused-ring (bicyclic) bond motifs is 1. The number of aromatic nitrogens is 1. The normalized spacial score (nSPS) is 10.7. The van der Waals surface area contributed by atoms with Gasteiger partial charge in [0.1, 0.15) is 5.82 Å². The molecule has 0 bridgehead atoms. The molecule has 23 heavy (non-hydrogen) atoms. The number of amides is 1. The molecule has 0 aliphatic rings. The number of rotatable bonds is 4. The Morgan fingerprint density at radius 3 is 2.70 bits per heavy atom. The Morgan fingerprint density at radius 1 is 1.13 bits per heavy atom. The average Bonchev–Trinajstić information content (AvgIpc) is 2.54. The van der Waals surface area contributed by atoms with Crippen LogP contribution in [0.2, 0.25) is 0 Å². The zero-order valence-electron chi connectivity index (χ0n) is 12.8. The number of carbonyl (C=O) groups excluding carboxylic acids is 1. The Morgan fingerprint density at radius 2 is 1.91 bits per heavy atom. The third-order valence-corrected chi connectivity index (χ3v) is 3.69. The summed E-state index contributed by atoms with van der Waals surface area (Å²) in [6, 6.07) is 16.0. The molecule has 3 aromatic rings. The highest BCUT2D eigenvalue weighted by Gasteiger charge is 2.12. The predicted molar refractivity (Wildman–Crippen MR) is 88.9 cm³/mol. The van der Waals surface area contributed by atoms with Gasteiger partial charge in [-0.3, -0.25) is 9.78 Å². The lowest BCUT2D eigenvalue weighted by molar-refractivity contribution is 0.0955. The minimum Gasteiger partial charge on any atom is -0.352 e. The van der Waals surface area contributed by atoms with Gasteiger partial charge in [-0.25, -0.2) is 4.39 Å². The fourth-order valence-electron chi connectivity index (χ4n) is 2.58. The molecule has 3 nitrogen and oxygen atoms in total. The Balaban J connectivity index is 1.78. The van der Waals surface area contributed by atoms with Crippen LogP contribution in [-0.4, -0.2) is 17.4 Å². The van der Waals surface area contributed by atoms with Crippen LogP contribution >= 0.6 is 0 Å². The Hall–Kier alpha value is -2.75. The van der Waals surface area contributed by atoms with Crippen LogP contribution in [0.1, 0.15) is 21.6 Å². The number of carbonyl (C=O) groups is 1. The maximum atomic E-state index is 13.4. The lowest BCUT2D eigenvalue weighted by atomic mass is 10.1. The summed E-state index contributed by atoms with van der Waals surface area (Å²) in [4.78, 5) is 16.7. The summed E-state index contributed by atoms with van der Waals surface area (Å²) in [5.74, 6) is -0.519. The molecule has 0 aliphatic carbocycles. The summed E-state index contributed by atoms with van der Waals surface area (Å²) in [5, 5.41) is 3.58. The van der Waals surface area contributed by atoms with Gasteiger partial charge in [0.2, 0.25) is 0 Å².